The molecule has 0 amide bonds. The lowest BCUT2D eigenvalue weighted by molar-refractivity contribution is -0.137. The molecule has 0 N–H and O–H groups in total. The maximum atomic E-state index is 12.9. The van der Waals surface area contributed by atoms with Crippen LogP contribution in [0.3, 0.4) is 0 Å². The second-order valence-corrected chi connectivity index (χ2v) is 6.62. The Bertz CT molecular complexity index is 911. The van der Waals surface area contributed by atoms with Crippen LogP contribution < -0.4 is 0 Å². The molecule has 1 aliphatic heterocycles. The summed E-state index contributed by atoms with van der Waals surface area (Å²) < 4.78 is 44.0. The normalized spacial score (nSPS) is 18.1. The summed E-state index contributed by atoms with van der Waals surface area (Å²) in [7, 11) is 0. The average Bonchev–Trinajstić information content (AvgIpc) is 3.31. The lowest BCUT2D eigenvalue weighted by Crippen LogP contribution is -2.19. The summed E-state index contributed by atoms with van der Waals surface area (Å²) in [5, 5.41) is 3.88. The van der Waals surface area contributed by atoms with Gasteiger partial charge in [0.2, 0.25) is 11.7 Å². The zero-order valence-electron chi connectivity index (χ0n) is 14.4. The molecule has 8 heteroatoms. The maximum Gasteiger partial charge on any atom is 0.416 e. The van der Waals surface area contributed by atoms with E-state index in [4.69, 9.17) is 4.52 Å². The van der Waals surface area contributed by atoms with Crippen molar-refractivity contribution in [3.63, 3.8) is 0 Å². The zero-order valence-corrected chi connectivity index (χ0v) is 14.4. The molecule has 1 aromatic carbocycles. The van der Waals surface area contributed by atoms with Crippen molar-refractivity contribution in [2.75, 3.05) is 13.1 Å². The molecule has 3 aromatic rings. The van der Waals surface area contributed by atoms with Crippen molar-refractivity contribution < 1.29 is 17.7 Å². The van der Waals surface area contributed by atoms with Crippen LogP contribution in [-0.2, 0) is 12.7 Å². The minimum atomic E-state index is -4.40. The molecule has 27 heavy (non-hydrogen) atoms. The van der Waals surface area contributed by atoms with Crippen molar-refractivity contribution >= 4 is 0 Å². The molecule has 0 radical (unpaired) electrons. The molecule has 1 fully saturated rings. The molecule has 1 saturated heterocycles. The number of hydrogen-bond donors (Lipinski definition) is 0. The van der Waals surface area contributed by atoms with Crippen molar-refractivity contribution in [1.82, 2.24) is 20.0 Å². The number of pyridine rings is 1. The molecule has 0 aliphatic carbocycles. The van der Waals surface area contributed by atoms with Crippen LogP contribution in [0.2, 0.25) is 0 Å². The lowest BCUT2D eigenvalue weighted by atomic mass is 10.1. The number of halogens is 3. The summed E-state index contributed by atoms with van der Waals surface area (Å²) in [4.78, 5) is 10.7. The Hall–Kier alpha value is -2.74. The Morgan fingerprint density at radius 1 is 1.19 bits per heavy atom. The van der Waals surface area contributed by atoms with Gasteiger partial charge in [0.05, 0.1) is 11.5 Å². The van der Waals surface area contributed by atoms with Gasteiger partial charge in [-0.3, -0.25) is 9.88 Å². The van der Waals surface area contributed by atoms with Crippen molar-refractivity contribution in [3.8, 4) is 11.4 Å². The molecule has 0 spiro atoms. The van der Waals surface area contributed by atoms with Gasteiger partial charge in [-0.1, -0.05) is 23.4 Å². The monoisotopic (exact) mass is 374 g/mol. The van der Waals surface area contributed by atoms with Crippen molar-refractivity contribution in [1.29, 1.82) is 0 Å². The fourth-order valence-electron chi connectivity index (χ4n) is 3.28. The third kappa shape index (κ3) is 4.00. The minimum Gasteiger partial charge on any atom is -0.339 e. The maximum absolute atomic E-state index is 12.9. The highest BCUT2D eigenvalue weighted by molar-refractivity contribution is 5.55. The first kappa shape index (κ1) is 17.7. The summed E-state index contributed by atoms with van der Waals surface area (Å²) in [6.45, 7) is 2.44. The van der Waals surface area contributed by atoms with Crippen LogP contribution in [0.4, 0.5) is 13.2 Å². The predicted octanol–water partition coefficient (Wildman–Crippen LogP) is 4.14. The molecule has 140 valence electrons. The standard InChI is InChI=1S/C19H17F3N4O/c20-19(21,22)16-5-1-4-14(9-16)17-24-18(27-25-17)15-6-8-26(12-15)11-13-3-2-7-23-10-13/h1-5,7,9-10,15H,6,8,11-12H2. The largest absolute Gasteiger partial charge is 0.416 e. The molecule has 0 saturated carbocycles. The molecule has 3 heterocycles. The van der Waals surface area contributed by atoms with Gasteiger partial charge in [0, 0.05) is 31.0 Å². The predicted molar refractivity (Wildman–Crippen MR) is 91.6 cm³/mol. The quantitative estimate of drug-likeness (QED) is 0.687. The van der Waals surface area contributed by atoms with Crippen molar-refractivity contribution in [2.45, 2.75) is 25.1 Å². The van der Waals surface area contributed by atoms with Gasteiger partial charge in [0.25, 0.3) is 0 Å². The third-order valence-electron chi connectivity index (χ3n) is 4.64. The van der Waals surface area contributed by atoms with E-state index >= 15 is 0 Å². The van der Waals surface area contributed by atoms with Crippen LogP contribution in [0.5, 0.6) is 0 Å². The highest BCUT2D eigenvalue weighted by atomic mass is 19.4. The first-order valence-electron chi connectivity index (χ1n) is 8.61. The van der Waals surface area contributed by atoms with Crippen LogP contribution in [0.25, 0.3) is 11.4 Å². The van der Waals surface area contributed by atoms with Crippen molar-refractivity contribution in [2.24, 2.45) is 0 Å². The fourth-order valence-corrected chi connectivity index (χ4v) is 3.28. The summed E-state index contributed by atoms with van der Waals surface area (Å²) >= 11 is 0. The summed E-state index contributed by atoms with van der Waals surface area (Å²) in [5.74, 6) is 0.728. The minimum absolute atomic E-state index is 0.0775. The Labute approximate surface area is 153 Å². The number of aromatic nitrogens is 3. The fraction of sp³-hybridized carbons (Fsp3) is 0.316. The molecule has 1 aliphatic rings. The Balaban J connectivity index is 1.46. The molecule has 4 rings (SSSR count). The smallest absolute Gasteiger partial charge is 0.339 e. The first-order valence-corrected chi connectivity index (χ1v) is 8.61. The van der Waals surface area contributed by atoms with Gasteiger partial charge in [-0.15, -0.1) is 0 Å². The molecular formula is C19H17F3N4O. The van der Waals surface area contributed by atoms with Gasteiger partial charge >= 0.3 is 6.18 Å². The van der Waals surface area contributed by atoms with E-state index in [0.29, 0.717) is 11.5 Å². The topological polar surface area (TPSA) is 55.1 Å². The lowest BCUT2D eigenvalue weighted by Gasteiger charge is -2.14. The van der Waals surface area contributed by atoms with Gasteiger partial charge in [0.1, 0.15) is 0 Å². The molecule has 5 nitrogen and oxygen atoms in total. The molecule has 1 atom stereocenters. The van der Waals surface area contributed by atoms with Gasteiger partial charge in [-0.05, 0) is 36.7 Å². The number of hydrogen-bond acceptors (Lipinski definition) is 5. The van der Waals surface area contributed by atoms with E-state index in [9.17, 15) is 13.2 Å². The second kappa shape index (κ2) is 7.11. The number of likely N-dealkylation sites (tertiary alicyclic amines) is 1. The van der Waals surface area contributed by atoms with E-state index in [2.05, 4.69) is 20.0 Å². The van der Waals surface area contributed by atoms with E-state index < -0.39 is 11.7 Å². The Kier molecular flexibility index (Phi) is 4.65. The number of alkyl halides is 3. The second-order valence-electron chi connectivity index (χ2n) is 6.62. The molecule has 2 aromatic heterocycles. The highest BCUT2D eigenvalue weighted by Gasteiger charge is 2.31. The zero-order chi connectivity index (χ0) is 18.9. The van der Waals surface area contributed by atoms with E-state index in [-0.39, 0.29) is 11.7 Å². The van der Waals surface area contributed by atoms with Crippen LogP contribution >= 0.6 is 0 Å². The van der Waals surface area contributed by atoms with E-state index in [1.807, 2.05) is 18.3 Å². The SMILES string of the molecule is FC(F)(F)c1cccc(-c2noc(C3CCN(Cc4cccnc4)C3)n2)c1. The summed E-state index contributed by atoms with van der Waals surface area (Å²) in [5.41, 5.74) is 0.702. The van der Waals surface area contributed by atoms with E-state index in [0.717, 1.165) is 43.8 Å². The van der Waals surface area contributed by atoms with Gasteiger partial charge < -0.3 is 4.52 Å². The van der Waals surface area contributed by atoms with E-state index in [1.54, 1.807) is 12.3 Å². The van der Waals surface area contributed by atoms with E-state index in [1.165, 1.54) is 6.07 Å². The van der Waals surface area contributed by atoms with Crippen LogP contribution in [-0.4, -0.2) is 33.1 Å². The Morgan fingerprint density at radius 2 is 2.07 bits per heavy atom. The van der Waals surface area contributed by atoms with Crippen LogP contribution in [0.1, 0.15) is 29.4 Å². The van der Waals surface area contributed by atoms with Gasteiger partial charge in [-0.2, -0.15) is 18.2 Å². The average molecular weight is 374 g/mol. The summed E-state index contributed by atoms with van der Waals surface area (Å²) in [6, 6.07) is 8.89. The van der Waals surface area contributed by atoms with Gasteiger partial charge in [0.15, 0.2) is 0 Å². The highest BCUT2D eigenvalue weighted by Crippen LogP contribution is 2.32. The third-order valence-corrected chi connectivity index (χ3v) is 4.64. The van der Waals surface area contributed by atoms with Crippen LogP contribution in [0, 0.1) is 0 Å². The number of nitrogens with zero attached hydrogens (tertiary/aromatic N) is 4. The van der Waals surface area contributed by atoms with Gasteiger partial charge in [-0.25, -0.2) is 0 Å². The first-order chi connectivity index (χ1) is 13.0. The molecular weight excluding hydrogens is 357 g/mol. The van der Waals surface area contributed by atoms with Crippen LogP contribution in [0.15, 0.2) is 53.3 Å². The molecule has 0 bridgehead atoms. The van der Waals surface area contributed by atoms with Crippen molar-refractivity contribution in [3.05, 3.63) is 65.8 Å². The Morgan fingerprint density at radius 3 is 2.85 bits per heavy atom. The summed E-state index contributed by atoms with van der Waals surface area (Å²) in [6.07, 6.45) is 0.0428. The molecule has 1 unspecified atom stereocenters. The number of benzene rings is 1. The number of rotatable bonds is 4.